The SMILES string of the molecule is CS(=O)(=O)N1CC(CCl)C(Cl)(Cl)C1=O. The fourth-order valence-electron chi connectivity index (χ4n) is 1.17. The van der Waals surface area contributed by atoms with Crippen molar-refractivity contribution in [1.29, 1.82) is 0 Å². The molecule has 82 valence electrons. The molecule has 1 unspecified atom stereocenters. The number of alkyl halides is 3. The minimum Gasteiger partial charge on any atom is -0.270 e. The summed E-state index contributed by atoms with van der Waals surface area (Å²) in [6.07, 6.45) is 0.922. The van der Waals surface area contributed by atoms with Crippen molar-refractivity contribution in [3.8, 4) is 0 Å². The van der Waals surface area contributed by atoms with Gasteiger partial charge in [-0.1, -0.05) is 23.2 Å². The average molecular weight is 281 g/mol. The summed E-state index contributed by atoms with van der Waals surface area (Å²) in [5.74, 6) is -1.37. The molecule has 0 N–H and O–H groups in total. The molecule has 1 fully saturated rings. The molecule has 4 nitrogen and oxygen atoms in total. The van der Waals surface area contributed by atoms with Crippen LogP contribution in [0.1, 0.15) is 0 Å². The molecule has 0 spiro atoms. The van der Waals surface area contributed by atoms with E-state index < -0.39 is 26.2 Å². The van der Waals surface area contributed by atoms with Crippen molar-refractivity contribution in [2.45, 2.75) is 4.33 Å². The van der Waals surface area contributed by atoms with Crippen molar-refractivity contribution in [2.75, 3.05) is 18.7 Å². The molecule has 0 aromatic carbocycles. The van der Waals surface area contributed by atoms with Gasteiger partial charge in [0.15, 0.2) is 0 Å². The Bertz CT molecular complexity index is 353. The third-order valence-electron chi connectivity index (χ3n) is 2.00. The molecule has 0 aliphatic carbocycles. The van der Waals surface area contributed by atoms with Crippen LogP contribution in [0, 0.1) is 5.92 Å². The molecule has 1 saturated heterocycles. The molecule has 1 amide bonds. The number of amides is 1. The number of sulfonamides is 1. The van der Waals surface area contributed by atoms with Crippen LogP contribution in [0.15, 0.2) is 0 Å². The highest BCUT2D eigenvalue weighted by Gasteiger charge is 2.54. The number of carbonyl (C=O) groups excluding carboxylic acids is 1. The molecule has 0 radical (unpaired) electrons. The topological polar surface area (TPSA) is 54.5 Å². The normalized spacial score (nSPS) is 27.0. The monoisotopic (exact) mass is 279 g/mol. The van der Waals surface area contributed by atoms with Crippen LogP contribution in [-0.2, 0) is 14.8 Å². The van der Waals surface area contributed by atoms with Gasteiger partial charge in [0.2, 0.25) is 14.4 Å². The molecular weight excluding hydrogens is 272 g/mol. The van der Waals surface area contributed by atoms with E-state index in [1.807, 2.05) is 0 Å². The third-order valence-corrected chi connectivity index (χ3v) is 4.43. The van der Waals surface area contributed by atoms with Crippen molar-refractivity contribution in [3.05, 3.63) is 0 Å². The summed E-state index contributed by atoms with van der Waals surface area (Å²) >= 11 is 17.0. The van der Waals surface area contributed by atoms with Crippen molar-refractivity contribution in [3.63, 3.8) is 0 Å². The van der Waals surface area contributed by atoms with E-state index in [0.717, 1.165) is 6.26 Å². The summed E-state index contributed by atoms with van der Waals surface area (Å²) in [5, 5.41) is 0. The number of nitrogens with zero attached hydrogens (tertiary/aromatic N) is 1. The summed E-state index contributed by atoms with van der Waals surface area (Å²) in [5.41, 5.74) is 0. The Morgan fingerprint density at radius 1 is 1.57 bits per heavy atom. The third kappa shape index (κ3) is 1.96. The molecule has 0 saturated carbocycles. The van der Waals surface area contributed by atoms with Gasteiger partial charge >= 0.3 is 0 Å². The lowest BCUT2D eigenvalue weighted by atomic mass is 10.1. The number of hydrogen-bond acceptors (Lipinski definition) is 3. The van der Waals surface area contributed by atoms with Gasteiger partial charge < -0.3 is 0 Å². The Labute approximate surface area is 97.2 Å². The Morgan fingerprint density at radius 3 is 2.29 bits per heavy atom. The van der Waals surface area contributed by atoms with Crippen molar-refractivity contribution in [2.24, 2.45) is 5.92 Å². The van der Waals surface area contributed by atoms with Gasteiger partial charge in [-0.3, -0.25) is 4.79 Å². The Kier molecular flexibility index (Phi) is 3.27. The van der Waals surface area contributed by atoms with Crippen LogP contribution < -0.4 is 0 Å². The maximum Gasteiger partial charge on any atom is 0.272 e. The average Bonchev–Trinajstić information content (AvgIpc) is 2.23. The van der Waals surface area contributed by atoms with E-state index in [4.69, 9.17) is 34.8 Å². The molecule has 14 heavy (non-hydrogen) atoms. The van der Waals surface area contributed by atoms with Gasteiger partial charge in [-0.05, 0) is 0 Å². The molecule has 0 aromatic rings. The van der Waals surface area contributed by atoms with E-state index in [0.29, 0.717) is 4.31 Å². The second-order valence-electron chi connectivity index (χ2n) is 3.07. The minimum absolute atomic E-state index is 0.0325. The van der Waals surface area contributed by atoms with E-state index in [1.165, 1.54) is 0 Å². The largest absolute Gasteiger partial charge is 0.272 e. The summed E-state index contributed by atoms with van der Waals surface area (Å²) < 4.78 is 21.2. The van der Waals surface area contributed by atoms with E-state index in [9.17, 15) is 13.2 Å². The van der Waals surface area contributed by atoms with Gasteiger partial charge in [0.25, 0.3) is 5.91 Å². The highest BCUT2D eigenvalue weighted by atomic mass is 35.5. The van der Waals surface area contributed by atoms with Crippen molar-refractivity contribution >= 4 is 50.7 Å². The van der Waals surface area contributed by atoms with Crippen LogP contribution in [0.25, 0.3) is 0 Å². The van der Waals surface area contributed by atoms with Crippen LogP contribution in [0.5, 0.6) is 0 Å². The smallest absolute Gasteiger partial charge is 0.270 e. The molecule has 1 aliphatic rings. The zero-order chi connectivity index (χ0) is 11.1. The number of rotatable bonds is 2. The molecule has 0 bridgehead atoms. The zero-order valence-corrected chi connectivity index (χ0v) is 10.3. The lowest BCUT2D eigenvalue weighted by Gasteiger charge is -2.15. The molecule has 0 aromatic heterocycles. The van der Waals surface area contributed by atoms with Crippen LogP contribution in [0.3, 0.4) is 0 Å². The number of carbonyl (C=O) groups is 1. The summed E-state index contributed by atoms with van der Waals surface area (Å²) in [6, 6.07) is 0. The second-order valence-corrected chi connectivity index (χ2v) is 6.67. The van der Waals surface area contributed by atoms with Crippen molar-refractivity contribution in [1.82, 2.24) is 4.31 Å². The standard InChI is InChI=1S/C6H8Cl3NO3S/c1-14(12,13)10-3-4(2-7)6(8,9)5(10)11/h4H,2-3H2,1H3. The maximum atomic E-state index is 11.5. The van der Waals surface area contributed by atoms with Gasteiger partial charge in [0.1, 0.15) is 0 Å². The minimum atomic E-state index is -3.61. The summed E-state index contributed by atoms with van der Waals surface area (Å²) in [7, 11) is -3.61. The van der Waals surface area contributed by atoms with Crippen LogP contribution in [-0.4, -0.2) is 41.6 Å². The highest BCUT2D eigenvalue weighted by Crippen LogP contribution is 2.40. The van der Waals surface area contributed by atoms with Gasteiger partial charge in [-0.25, -0.2) is 12.7 Å². The van der Waals surface area contributed by atoms with Crippen LogP contribution in [0.4, 0.5) is 0 Å². The molecule has 1 rings (SSSR count). The first-order valence-corrected chi connectivity index (χ1v) is 6.81. The first-order valence-electron chi connectivity index (χ1n) is 3.67. The first kappa shape index (κ1) is 12.4. The number of hydrogen-bond donors (Lipinski definition) is 0. The van der Waals surface area contributed by atoms with Gasteiger partial charge in [0.05, 0.1) is 6.26 Å². The quantitative estimate of drug-likeness (QED) is 0.704. The first-order chi connectivity index (χ1) is 6.21. The summed E-state index contributed by atoms with van der Waals surface area (Å²) in [4.78, 5) is 11.5. The predicted molar refractivity (Wildman–Crippen MR) is 55.2 cm³/mol. The van der Waals surface area contributed by atoms with Crippen molar-refractivity contribution < 1.29 is 13.2 Å². The molecule has 1 atom stereocenters. The molecule has 1 aliphatic heterocycles. The summed E-state index contributed by atoms with van der Waals surface area (Å²) in [6.45, 7) is -0.0613. The molecular formula is C6H8Cl3NO3S. The fourth-order valence-corrected chi connectivity index (χ4v) is 3.15. The Balaban J connectivity index is 3.06. The van der Waals surface area contributed by atoms with Crippen LogP contribution in [0.2, 0.25) is 0 Å². The molecule has 8 heteroatoms. The fraction of sp³-hybridized carbons (Fsp3) is 0.833. The van der Waals surface area contributed by atoms with Gasteiger partial charge in [-0.2, -0.15) is 0 Å². The molecule has 1 heterocycles. The van der Waals surface area contributed by atoms with Gasteiger partial charge in [-0.15, -0.1) is 11.6 Å². The van der Waals surface area contributed by atoms with E-state index in [2.05, 4.69) is 0 Å². The lowest BCUT2D eigenvalue weighted by Crippen LogP contribution is -2.36. The number of halogens is 3. The predicted octanol–water partition coefficient (Wildman–Crippen LogP) is 0.817. The zero-order valence-electron chi connectivity index (χ0n) is 7.21. The highest BCUT2D eigenvalue weighted by molar-refractivity contribution is 7.88. The van der Waals surface area contributed by atoms with E-state index >= 15 is 0 Å². The maximum absolute atomic E-state index is 11.5. The van der Waals surface area contributed by atoms with E-state index in [-0.39, 0.29) is 12.4 Å². The Morgan fingerprint density at radius 2 is 2.07 bits per heavy atom. The van der Waals surface area contributed by atoms with Crippen LogP contribution >= 0.6 is 34.8 Å². The van der Waals surface area contributed by atoms with Gasteiger partial charge in [0, 0.05) is 18.3 Å². The second kappa shape index (κ2) is 3.70. The van der Waals surface area contributed by atoms with E-state index in [1.54, 1.807) is 0 Å². The Hall–Kier alpha value is 0.290. The lowest BCUT2D eigenvalue weighted by molar-refractivity contribution is -0.124.